The average molecular weight is 336 g/mol. The van der Waals surface area contributed by atoms with Gasteiger partial charge >= 0.3 is 0 Å². The number of likely N-dealkylation sites (N-methyl/N-ethyl adjacent to an activating group) is 1. The zero-order chi connectivity index (χ0) is 17.5. The quantitative estimate of drug-likeness (QED) is 0.593. The molecule has 0 fully saturated rings. The van der Waals surface area contributed by atoms with Crippen molar-refractivity contribution in [3.63, 3.8) is 0 Å². The van der Waals surface area contributed by atoms with Crippen molar-refractivity contribution in [3.05, 3.63) is 5.21 Å². The summed E-state index contributed by atoms with van der Waals surface area (Å²) < 4.78 is 0. The Kier molecular flexibility index (Phi) is 8.56. The van der Waals surface area contributed by atoms with Crippen LogP contribution in [0, 0.1) is 10.6 Å². The maximum atomic E-state index is 12.1. The summed E-state index contributed by atoms with van der Waals surface area (Å²) in [7, 11) is 3.09. The second-order valence-corrected chi connectivity index (χ2v) is 6.47. The van der Waals surface area contributed by atoms with Crippen molar-refractivity contribution in [1.82, 2.24) is 15.6 Å². The summed E-state index contributed by atoms with van der Waals surface area (Å²) in [6, 6.07) is -0.827. The number of hydrogen-bond donors (Lipinski definition) is 2. The number of rotatable bonds is 8. The van der Waals surface area contributed by atoms with E-state index in [9.17, 15) is 19.6 Å². The van der Waals surface area contributed by atoms with Crippen LogP contribution in [-0.4, -0.2) is 64.9 Å². The number of nitrogens with zero attached hydrogens (tertiary/aromatic N) is 2. The lowest BCUT2D eigenvalue weighted by atomic mass is 9.97. The minimum Gasteiger partial charge on any atom is -0.738 e. The fourth-order valence-corrected chi connectivity index (χ4v) is 2.36. The van der Waals surface area contributed by atoms with Crippen molar-refractivity contribution < 1.29 is 24.4 Å². The number of carbonyl (C=O) groups excluding carboxylic acids is 3. The van der Waals surface area contributed by atoms with Crippen LogP contribution in [0.5, 0.6) is 0 Å². The highest BCUT2D eigenvalue weighted by Crippen LogP contribution is 2.25. The Labute approximate surface area is 133 Å². The van der Waals surface area contributed by atoms with Crippen LogP contribution in [0.25, 0.3) is 0 Å². The predicted octanol–water partition coefficient (Wildman–Crippen LogP) is -0.0141. The predicted molar refractivity (Wildman–Crippen MR) is 80.5 cm³/mol. The lowest BCUT2D eigenvalue weighted by molar-refractivity contribution is -0.313. The maximum absolute atomic E-state index is 12.1. The third kappa shape index (κ3) is 7.71. The standard InChI is InChI=1S/C12H22N3O6S/c1-8(16)13-9(10(17)14(4)5)6-22-11(18)12(2,3)7-21-15(19)20/h9,19H,6-7H2,1-5H3,(H,13,16)/q-1. The van der Waals surface area contributed by atoms with Crippen molar-refractivity contribution in [2.24, 2.45) is 5.41 Å². The van der Waals surface area contributed by atoms with Gasteiger partial charge in [0, 0.05) is 26.8 Å². The molecule has 128 valence electrons. The van der Waals surface area contributed by atoms with E-state index in [2.05, 4.69) is 10.2 Å². The van der Waals surface area contributed by atoms with E-state index in [1.165, 1.54) is 25.7 Å². The molecule has 2 N–H and O–H groups in total. The third-order valence-electron chi connectivity index (χ3n) is 2.59. The average Bonchev–Trinajstić information content (AvgIpc) is 2.39. The minimum atomic E-state index is -1.04. The van der Waals surface area contributed by atoms with Gasteiger partial charge in [-0.25, -0.2) is 0 Å². The first-order valence-electron chi connectivity index (χ1n) is 6.42. The molecule has 0 aromatic carbocycles. The Morgan fingerprint density at radius 3 is 2.32 bits per heavy atom. The molecule has 0 rings (SSSR count). The molecule has 0 spiro atoms. The number of thioether (sulfide) groups is 1. The van der Waals surface area contributed by atoms with Gasteiger partial charge in [0.05, 0.1) is 12.0 Å². The highest BCUT2D eigenvalue weighted by Gasteiger charge is 2.31. The van der Waals surface area contributed by atoms with E-state index in [0.717, 1.165) is 11.8 Å². The summed E-state index contributed by atoms with van der Waals surface area (Å²) in [6.45, 7) is 4.04. The molecule has 9 nitrogen and oxygen atoms in total. The molecular weight excluding hydrogens is 314 g/mol. The second-order valence-electron chi connectivity index (χ2n) is 5.48. The monoisotopic (exact) mass is 336 g/mol. The van der Waals surface area contributed by atoms with Gasteiger partial charge in [0.1, 0.15) is 6.04 Å². The van der Waals surface area contributed by atoms with Crippen LogP contribution in [0.4, 0.5) is 0 Å². The second kappa shape index (κ2) is 9.06. The molecule has 0 aliphatic heterocycles. The first-order valence-corrected chi connectivity index (χ1v) is 7.40. The zero-order valence-electron chi connectivity index (χ0n) is 13.3. The Morgan fingerprint density at radius 1 is 1.36 bits per heavy atom. The van der Waals surface area contributed by atoms with Gasteiger partial charge in [0.25, 0.3) is 0 Å². The molecule has 0 radical (unpaired) electrons. The number of amides is 2. The van der Waals surface area contributed by atoms with Crippen LogP contribution in [0.2, 0.25) is 0 Å². The van der Waals surface area contributed by atoms with E-state index in [1.807, 2.05) is 0 Å². The summed E-state index contributed by atoms with van der Waals surface area (Å²) in [6.07, 6.45) is 0. The van der Waals surface area contributed by atoms with E-state index in [-0.39, 0.29) is 29.3 Å². The van der Waals surface area contributed by atoms with Crippen molar-refractivity contribution in [1.29, 1.82) is 0 Å². The van der Waals surface area contributed by atoms with Crippen LogP contribution in [-0.2, 0) is 19.2 Å². The number of nitrogens with one attached hydrogen (secondary N) is 1. The highest BCUT2D eigenvalue weighted by atomic mass is 32.2. The lowest BCUT2D eigenvalue weighted by Gasteiger charge is -2.27. The summed E-state index contributed by atoms with van der Waals surface area (Å²) >= 11 is 0.848. The molecule has 0 aromatic rings. The van der Waals surface area contributed by atoms with Crippen molar-refractivity contribution in [2.45, 2.75) is 26.8 Å². The number of carbonyl (C=O) groups is 3. The molecular formula is C12H22N3O6S-. The molecule has 0 aliphatic rings. The van der Waals surface area contributed by atoms with Crippen LogP contribution in [0.15, 0.2) is 0 Å². The summed E-state index contributed by atoms with van der Waals surface area (Å²) in [5.74, 6) is -0.650. The molecule has 0 saturated carbocycles. The zero-order valence-corrected chi connectivity index (χ0v) is 14.1. The highest BCUT2D eigenvalue weighted by molar-refractivity contribution is 8.13. The fourth-order valence-electron chi connectivity index (χ4n) is 1.36. The molecule has 1 unspecified atom stereocenters. The van der Waals surface area contributed by atoms with Gasteiger partial charge in [-0.1, -0.05) is 11.8 Å². The van der Waals surface area contributed by atoms with E-state index in [4.69, 9.17) is 5.21 Å². The summed E-state index contributed by atoms with van der Waals surface area (Å²) in [5, 5.41) is 20.1. The van der Waals surface area contributed by atoms with Crippen molar-refractivity contribution in [2.75, 3.05) is 26.5 Å². The first-order chi connectivity index (χ1) is 9.97. The molecule has 0 saturated heterocycles. The van der Waals surface area contributed by atoms with Gasteiger partial charge in [-0.05, 0) is 13.8 Å². The van der Waals surface area contributed by atoms with E-state index in [0.29, 0.717) is 0 Å². The Morgan fingerprint density at radius 2 is 1.91 bits per heavy atom. The van der Waals surface area contributed by atoms with Gasteiger partial charge in [0.15, 0.2) is 5.12 Å². The normalized spacial score (nSPS) is 12.9. The molecule has 0 aliphatic carbocycles. The fraction of sp³-hybridized carbons (Fsp3) is 0.750. The summed E-state index contributed by atoms with van der Waals surface area (Å²) in [4.78, 5) is 40.8. The van der Waals surface area contributed by atoms with Crippen molar-refractivity contribution in [3.8, 4) is 0 Å². The van der Waals surface area contributed by atoms with Crippen LogP contribution in [0.3, 0.4) is 0 Å². The van der Waals surface area contributed by atoms with Gasteiger partial charge < -0.3 is 20.6 Å². The summed E-state index contributed by atoms with van der Waals surface area (Å²) in [5.41, 5.74) is -1.04. The Balaban J connectivity index is 4.66. The topological polar surface area (TPSA) is 122 Å². The van der Waals surface area contributed by atoms with Gasteiger partial charge in [-0.15, -0.1) is 5.39 Å². The largest absolute Gasteiger partial charge is 0.738 e. The van der Waals surface area contributed by atoms with E-state index < -0.39 is 16.8 Å². The third-order valence-corrected chi connectivity index (χ3v) is 3.90. The Hall–Kier alpha value is -1.20. The SMILES string of the molecule is CC(=O)NC(CSC(=O)C(C)(C)CON([O-])O)C(=O)N(C)C. The smallest absolute Gasteiger partial charge is 0.245 e. The van der Waals surface area contributed by atoms with Crippen molar-refractivity contribution >= 4 is 28.7 Å². The van der Waals surface area contributed by atoms with E-state index in [1.54, 1.807) is 14.1 Å². The maximum Gasteiger partial charge on any atom is 0.245 e. The van der Waals surface area contributed by atoms with Crippen LogP contribution < -0.4 is 5.32 Å². The Bertz CT molecular complexity index is 414. The molecule has 1 atom stereocenters. The minimum absolute atomic E-state index is 0.0546. The molecule has 10 heteroatoms. The van der Waals surface area contributed by atoms with Crippen LogP contribution >= 0.6 is 11.8 Å². The molecule has 22 heavy (non-hydrogen) atoms. The van der Waals surface area contributed by atoms with Gasteiger partial charge in [0.2, 0.25) is 11.8 Å². The van der Waals surface area contributed by atoms with Gasteiger partial charge in [-0.2, -0.15) is 0 Å². The van der Waals surface area contributed by atoms with Gasteiger partial charge in [-0.3, -0.25) is 19.2 Å². The molecule has 0 aromatic heterocycles. The van der Waals surface area contributed by atoms with E-state index >= 15 is 0 Å². The number of hydrogen-bond acceptors (Lipinski definition) is 8. The molecule has 0 bridgehead atoms. The van der Waals surface area contributed by atoms with Crippen LogP contribution in [0.1, 0.15) is 20.8 Å². The molecule has 0 heterocycles. The molecule has 2 amide bonds. The first kappa shape index (κ1) is 20.8. The lowest BCUT2D eigenvalue weighted by Crippen LogP contribution is -2.47.